The lowest BCUT2D eigenvalue weighted by molar-refractivity contribution is 0.397. The molecule has 0 radical (unpaired) electrons. The molecule has 3 unspecified atom stereocenters. The van der Waals surface area contributed by atoms with Crippen molar-refractivity contribution in [1.82, 2.24) is 26.1 Å². The summed E-state index contributed by atoms with van der Waals surface area (Å²) in [6.45, 7) is 0. The number of hydrogen-bond acceptors (Lipinski definition) is 5. The number of allylic oxidation sites excluding steroid dienone is 2. The number of amidine groups is 1. The molecule has 2 aromatic carbocycles. The van der Waals surface area contributed by atoms with Gasteiger partial charge in [0.25, 0.3) is 0 Å². The van der Waals surface area contributed by atoms with Gasteiger partial charge in [0.2, 0.25) is 0 Å². The highest BCUT2D eigenvalue weighted by atomic mass is 19.1. The first-order chi connectivity index (χ1) is 18.7. The van der Waals surface area contributed by atoms with E-state index in [0.29, 0.717) is 0 Å². The van der Waals surface area contributed by atoms with Crippen LogP contribution >= 0.6 is 0 Å². The van der Waals surface area contributed by atoms with Gasteiger partial charge in [-0.15, -0.1) is 0 Å². The Morgan fingerprint density at radius 1 is 0.895 bits per heavy atom. The van der Waals surface area contributed by atoms with Crippen molar-refractivity contribution in [3.8, 4) is 0 Å². The Bertz CT molecular complexity index is 1470. The third kappa shape index (κ3) is 3.78. The molecule has 0 amide bonds. The van der Waals surface area contributed by atoms with Crippen molar-refractivity contribution in [3.05, 3.63) is 136 Å². The molecule has 0 fully saturated rings. The minimum absolute atomic E-state index is 0.0861. The van der Waals surface area contributed by atoms with E-state index in [-0.39, 0.29) is 18.0 Å². The zero-order chi connectivity index (χ0) is 25.5. The summed E-state index contributed by atoms with van der Waals surface area (Å²) in [6.07, 6.45) is 11.8. The molecule has 7 heteroatoms. The summed E-state index contributed by atoms with van der Waals surface area (Å²) in [7, 11) is 0. The molecule has 0 spiro atoms. The molecular weight excluding hydrogens is 475 g/mol. The van der Waals surface area contributed by atoms with Crippen LogP contribution in [0.3, 0.4) is 0 Å². The van der Waals surface area contributed by atoms with Crippen molar-refractivity contribution in [2.45, 2.75) is 43.4 Å². The van der Waals surface area contributed by atoms with Crippen molar-refractivity contribution in [1.29, 1.82) is 0 Å². The predicted molar refractivity (Wildman–Crippen MR) is 146 cm³/mol. The molecule has 3 atom stereocenters. The van der Waals surface area contributed by atoms with E-state index >= 15 is 0 Å². The number of hydrogen-bond donors (Lipinski definition) is 4. The average Bonchev–Trinajstić information content (AvgIpc) is 3.52. The first-order valence-electron chi connectivity index (χ1n) is 13.2. The van der Waals surface area contributed by atoms with E-state index < -0.39 is 5.54 Å². The molecular formula is C31H29FN6. The maximum absolute atomic E-state index is 13.5. The number of halogens is 1. The predicted octanol–water partition coefficient (Wildman–Crippen LogP) is 4.61. The second kappa shape index (κ2) is 9.35. The van der Waals surface area contributed by atoms with Crippen LogP contribution in [0.4, 0.5) is 4.39 Å². The first kappa shape index (κ1) is 23.1. The number of aromatic nitrogens is 2. The fourth-order valence-electron chi connectivity index (χ4n) is 6.18. The van der Waals surface area contributed by atoms with Crippen molar-refractivity contribution < 1.29 is 4.39 Å². The van der Waals surface area contributed by atoms with Crippen molar-refractivity contribution in [2.24, 2.45) is 4.99 Å². The van der Waals surface area contributed by atoms with Gasteiger partial charge < -0.3 is 10.4 Å². The van der Waals surface area contributed by atoms with E-state index in [1.165, 1.54) is 34.6 Å². The van der Waals surface area contributed by atoms with Crippen LogP contribution < -0.4 is 16.2 Å². The molecule has 2 aromatic heterocycles. The Morgan fingerprint density at radius 3 is 2.55 bits per heavy atom. The number of hydrazine groups is 1. The van der Waals surface area contributed by atoms with Crippen LogP contribution in [0, 0.1) is 5.82 Å². The Labute approximate surface area is 221 Å². The summed E-state index contributed by atoms with van der Waals surface area (Å²) < 4.78 is 13.5. The van der Waals surface area contributed by atoms with Crippen molar-refractivity contribution in [2.75, 3.05) is 0 Å². The first-order valence-corrected chi connectivity index (χ1v) is 13.2. The van der Waals surface area contributed by atoms with Crippen molar-refractivity contribution >= 4 is 5.84 Å². The zero-order valence-corrected chi connectivity index (χ0v) is 20.9. The molecule has 6 nitrogen and oxygen atoms in total. The minimum atomic E-state index is -0.637. The third-order valence-corrected chi connectivity index (χ3v) is 7.95. The van der Waals surface area contributed by atoms with Gasteiger partial charge in [-0.3, -0.25) is 10.3 Å². The molecule has 190 valence electrons. The SMILES string of the molecule is Fc1ccc(C2N=C(C3Cc4c([nH]c5c4CCC=CC5)C(c4ccccc4)(c4cccnc4)N3)NN2)cc1. The lowest BCUT2D eigenvalue weighted by Crippen LogP contribution is -2.59. The summed E-state index contributed by atoms with van der Waals surface area (Å²) in [5, 5.41) is 4.02. The van der Waals surface area contributed by atoms with Gasteiger partial charge in [-0.25, -0.2) is 14.8 Å². The van der Waals surface area contributed by atoms with Gasteiger partial charge in [-0.2, -0.15) is 0 Å². The van der Waals surface area contributed by atoms with E-state index in [4.69, 9.17) is 4.99 Å². The standard InChI is InChI=1S/C31H29FN6/c32-23-15-13-20(14-16-23)29-35-30(38-37-29)27-18-25-24-11-5-2-6-12-26(24)34-28(25)31(36-27,21-8-3-1-4-9-21)22-10-7-17-33-19-22/h1-4,6-10,13-17,19,27,29,34,36-37H,5,11-12,18H2,(H,35,38). The second-order valence-electron chi connectivity index (χ2n) is 10.1. The van der Waals surface area contributed by atoms with Crippen LogP contribution in [-0.2, 0) is 24.8 Å². The number of rotatable bonds is 4. The lowest BCUT2D eigenvalue weighted by atomic mass is 9.74. The normalized spacial score (nSPS) is 24.2. The topological polar surface area (TPSA) is 77.1 Å². The maximum Gasteiger partial charge on any atom is 0.143 e. The summed E-state index contributed by atoms with van der Waals surface area (Å²) in [5.74, 6) is 0.591. The number of benzene rings is 2. The number of pyridine rings is 1. The zero-order valence-electron chi connectivity index (χ0n) is 20.9. The molecule has 3 aliphatic rings. The Balaban J connectivity index is 1.39. The van der Waals surface area contributed by atoms with Crippen LogP contribution in [0.2, 0.25) is 0 Å². The number of H-pyrrole nitrogens is 1. The maximum atomic E-state index is 13.5. The van der Waals surface area contributed by atoms with Crippen molar-refractivity contribution in [3.63, 3.8) is 0 Å². The number of aliphatic imine (C=N–C) groups is 1. The average molecular weight is 505 g/mol. The molecule has 7 rings (SSSR count). The largest absolute Gasteiger partial charge is 0.359 e. The van der Waals surface area contributed by atoms with Gasteiger partial charge >= 0.3 is 0 Å². The fourth-order valence-corrected chi connectivity index (χ4v) is 6.18. The van der Waals surface area contributed by atoms with Crippen LogP contribution in [0.1, 0.15) is 51.8 Å². The van der Waals surface area contributed by atoms with Gasteiger partial charge in [0.1, 0.15) is 23.4 Å². The van der Waals surface area contributed by atoms with Crippen LogP contribution in [0.5, 0.6) is 0 Å². The smallest absolute Gasteiger partial charge is 0.143 e. The highest BCUT2D eigenvalue weighted by molar-refractivity contribution is 5.89. The van der Waals surface area contributed by atoms with Gasteiger partial charge in [0.05, 0.1) is 6.04 Å². The highest BCUT2D eigenvalue weighted by Gasteiger charge is 2.47. The number of fused-ring (bicyclic) bond motifs is 3. The van der Waals surface area contributed by atoms with E-state index in [0.717, 1.165) is 48.2 Å². The highest BCUT2D eigenvalue weighted by Crippen LogP contribution is 2.44. The second-order valence-corrected chi connectivity index (χ2v) is 10.1. The van der Waals surface area contributed by atoms with Gasteiger partial charge in [0, 0.05) is 35.8 Å². The Morgan fingerprint density at radius 2 is 1.74 bits per heavy atom. The molecule has 38 heavy (non-hydrogen) atoms. The molecule has 4 N–H and O–H groups in total. The fraction of sp³-hybridized carbons (Fsp3) is 0.226. The molecule has 1 aliphatic carbocycles. The lowest BCUT2D eigenvalue weighted by Gasteiger charge is -2.43. The number of nitrogens with one attached hydrogen (secondary N) is 4. The summed E-state index contributed by atoms with van der Waals surface area (Å²) in [5.41, 5.74) is 14.4. The van der Waals surface area contributed by atoms with E-state index in [1.807, 2.05) is 18.5 Å². The molecule has 4 aromatic rings. The van der Waals surface area contributed by atoms with Crippen LogP contribution in [0.15, 0.2) is 96.3 Å². The van der Waals surface area contributed by atoms with Gasteiger partial charge in [-0.05, 0) is 59.7 Å². The van der Waals surface area contributed by atoms with Gasteiger partial charge in [-0.1, -0.05) is 60.7 Å². The number of aromatic amines is 1. The molecule has 4 heterocycles. The molecule has 0 saturated carbocycles. The van der Waals surface area contributed by atoms with Crippen LogP contribution in [0.25, 0.3) is 0 Å². The minimum Gasteiger partial charge on any atom is -0.359 e. The van der Waals surface area contributed by atoms with E-state index in [9.17, 15) is 4.39 Å². The van der Waals surface area contributed by atoms with E-state index in [1.54, 1.807) is 12.1 Å². The van der Waals surface area contributed by atoms with E-state index in [2.05, 4.69) is 74.7 Å². The summed E-state index contributed by atoms with van der Waals surface area (Å²) >= 11 is 0. The molecule has 0 saturated heterocycles. The number of nitrogens with zero attached hydrogens (tertiary/aromatic N) is 2. The van der Waals surface area contributed by atoms with Crippen LogP contribution in [-0.4, -0.2) is 21.8 Å². The summed E-state index contributed by atoms with van der Waals surface area (Å²) in [4.78, 5) is 13.4. The van der Waals surface area contributed by atoms with Gasteiger partial charge in [0.15, 0.2) is 0 Å². The summed E-state index contributed by atoms with van der Waals surface area (Å²) in [6, 6.07) is 21.2. The third-order valence-electron chi connectivity index (χ3n) is 7.95. The molecule has 0 bridgehead atoms. The monoisotopic (exact) mass is 504 g/mol. The quantitative estimate of drug-likeness (QED) is 0.306. The Kier molecular flexibility index (Phi) is 5.68. The Hall–Kier alpha value is -4.07. The molecule has 2 aliphatic heterocycles.